The van der Waals surface area contributed by atoms with Crippen LogP contribution in [-0.4, -0.2) is 63.3 Å². The number of nitrogens with one attached hydrogen (secondary N) is 1. The lowest BCUT2D eigenvalue weighted by Gasteiger charge is -2.24. The Labute approximate surface area is 157 Å². The maximum absolute atomic E-state index is 12.7. The van der Waals surface area contributed by atoms with Gasteiger partial charge in [0, 0.05) is 31.2 Å². The summed E-state index contributed by atoms with van der Waals surface area (Å²) in [4.78, 5) is 14.9. The predicted octanol–water partition coefficient (Wildman–Crippen LogP) is 2.18. The van der Waals surface area contributed by atoms with Crippen LogP contribution in [0.3, 0.4) is 0 Å². The van der Waals surface area contributed by atoms with E-state index in [1.54, 1.807) is 18.2 Å². The van der Waals surface area contributed by atoms with E-state index in [1.807, 2.05) is 19.0 Å². The van der Waals surface area contributed by atoms with E-state index in [0.29, 0.717) is 24.6 Å². The van der Waals surface area contributed by atoms with E-state index in [0.717, 1.165) is 25.8 Å². The second-order valence-corrected chi connectivity index (χ2v) is 9.64. The topological polar surface area (TPSA) is 69.7 Å². The Kier molecular flexibility index (Phi) is 7.20. The average Bonchev–Trinajstić information content (AvgIpc) is 3.09. The lowest BCUT2D eigenvalue weighted by molar-refractivity contribution is 0.0924. The van der Waals surface area contributed by atoms with E-state index < -0.39 is 10.0 Å². The summed E-state index contributed by atoms with van der Waals surface area (Å²) in [6.07, 6.45) is 2.65. The lowest BCUT2D eigenvalue weighted by Crippen LogP contribution is -2.42. The lowest BCUT2D eigenvalue weighted by atomic mass is 10.0. The van der Waals surface area contributed by atoms with Crippen molar-refractivity contribution in [1.82, 2.24) is 14.5 Å². The maximum atomic E-state index is 12.7. The monoisotopic (exact) mass is 381 g/mol. The Morgan fingerprint density at radius 2 is 1.88 bits per heavy atom. The van der Waals surface area contributed by atoms with Gasteiger partial charge in [0.05, 0.1) is 4.90 Å². The number of rotatable bonds is 8. The minimum absolute atomic E-state index is 0.0244. The van der Waals surface area contributed by atoms with Crippen molar-refractivity contribution in [2.45, 2.75) is 44.0 Å². The normalized spacial score (nSPS) is 17.0. The number of carbonyl (C=O) groups excluding carboxylic acids is 1. The number of hydrogen-bond donors (Lipinski definition) is 1. The predicted molar refractivity (Wildman–Crippen MR) is 104 cm³/mol. The van der Waals surface area contributed by atoms with E-state index in [-0.39, 0.29) is 16.8 Å². The quantitative estimate of drug-likeness (QED) is 0.749. The van der Waals surface area contributed by atoms with Crippen molar-refractivity contribution in [3.8, 4) is 0 Å². The van der Waals surface area contributed by atoms with Crippen molar-refractivity contribution >= 4 is 15.9 Å². The number of amides is 1. The molecule has 146 valence electrons. The molecule has 26 heavy (non-hydrogen) atoms. The highest BCUT2D eigenvalue weighted by molar-refractivity contribution is 7.89. The second-order valence-electron chi connectivity index (χ2n) is 7.70. The fourth-order valence-corrected chi connectivity index (χ4v) is 4.90. The first-order valence-corrected chi connectivity index (χ1v) is 10.7. The highest BCUT2D eigenvalue weighted by Crippen LogP contribution is 2.21. The van der Waals surface area contributed by atoms with Crippen LogP contribution in [0.2, 0.25) is 0 Å². The Morgan fingerprint density at radius 1 is 1.23 bits per heavy atom. The van der Waals surface area contributed by atoms with E-state index in [2.05, 4.69) is 19.2 Å². The van der Waals surface area contributed by atoms with Crippen LogP contribution >= 0.6 is 0 Å². The highest BCUT2D eigenvalue weighted by Gasteiger charge is 2.27. The van der Waals surface area contributed by atoms with Crippen molar-refractivity contribution in [1.29, 1.82) is 0 Å². The molecule has 1 heterocycles. The Balaban J connectivity index is 2.16. The minimum Gasteiger partial charge on any atom is -0.348 e. The van der Waals surface area contributed by atoms with Gasteiger partial charge in [-0.3, -0.25) is 4.79 Å². The molecule has 0 spiro atoms. The summed E-state index contributed by atoms with van der Waals surface area (Å²) in [7, 11) is 0.434. The molecule has 1 aromatic rings. The number of likely N-dealkylation sites (N-methyl/N-ethyl adjacent to an activating group) is 1. The third kappa shape index (κ3) is 5.53. The molecule has 7 heteroatoms. The maximum Gasteiger partial charge on any atom is 0.251 e. The number of nitrogens with zero attached hydrogens (tertiary/aromatic N) is 2. The summed E-state index contributed by atoms with van der Waals surface area (Å²) < 4.78 is 26.9. The van der Waals surface area contributed by atoms with Crippen LogP contribution in [0.25, 0.3) is 0 Å². The molecule has 1 aliphatic rings. The molecule has 1 amide bonds. The largest absolute Gasteiger partial charge is 0.348 e. The molecule has 0 bridgehead atoms. The number of hydrogen-bond acceptors (Lipinski definition) is 4. The zero-order chi connectivity index (χ0) is 19.3. The van der Waals surface area contributed by atoms with Crippen LogP contribution in [0.4, 0.5) is 0 Å². The van der Waals surface area contributed by atoms with Gasteiger partial charge in [0.15, 0.2) is 0 Å². The van der Waals surface area contributed by atoms with Crippen molar-refractivity contribution in [2.75, 3.05) is 33.7 Å². The summed E-state index contributed by atoms with van der Waals surface area (Å²) in [5.41, 5.74) is 0.387. The zero-order valence-corrected chi connectivity index (χ0v) is 17.1. The second kappa shape index (κ2) is 8.97. The molecule has 2 rings (SSSR count). The molecular formula is C19H31N3O3S. The third-order valence-electron chi connectivity index (χ3n) is 4.48. The van der Waals surface area contributed by atoms with Crippen molar-refractivity contribution in [2.24, 2.45) is 5.92 Å². The fraction of sp³-hybridized carbons (Fsp3) is 0.632. The molecule has 0 aliphatic carbocycles. The Hall–Kier alpha value is -1.44. The van der Waals surface area contributed by atoms with Crippen LogP contribution in [0.15, 0.2) is 29.2 Å². The molecular weight excluding hydrogens is 350 g/mol. The summed E-state index contributed by atoms with van der Waals surface area (Å²) in [5, 5.41) is 3.06. The number of sulfonamides is 1. The minimum atomic E-state index is -3.52. The molecule has 1 unspecified atom stereocenters. The molecule has 0 radical (unpaired) electrons. The van der Waals surface area contributed by atoms with Gasteiger partial charge in [-0.2, -0.15) is 4.31 Å². The first-order valence-electron chi connectivity index (χ1n) is 9.26. The van der Waals surface area contributed by atoms with Gasteiger partial charge < -0.3 is 10.2 Å². The third-order valence-corrected chi connectivity index (χ3v) is 6.37. The number of carbonyl (C=O) groups is 1. The summed E-state index contributed by atoms with van der Waals surface area (Å²) in [6, 6.07) is 6.39. The number of benzene rings is 1. The molecule has 1 aliphatic heterocycles. The summed E-state index contributed by atoms with van der Waals surface area (Å²) >= 11 is 0. The Morgan fingerprint density at radius 3 is 2.46 bits per heavy atom. The average molecular weight is 382 g/mol. The van der Waals surface area contributed by atoms with Crippen LogP contribution in [0.1, 0.15) is 43.5 Å². The molecule has 6 nitrogen and oxygen atoms in total. The fourth-order valence-electron chi connectivity index (χ4n) is 3.33. The SMILES string of the molecule is CC(C)CC(CN(C)C)NC(=O)c1cccc(S(=O)(=O)N2CCCC2)c1. The van der Waals surface area contributed by atoms with E-state index >= 15 is 0 Å². The van der Waals surface area contributed by atoms with Gasteiger partial charge in [0.2, 0.25) is 10.0 Å². The van der Waals surface area contributed by atoms with E-state index in [9.17, 15) is 13.2 Å². The van der Waals surface area contributed by atoms with Gasteiger partial charge in [-0.05, 0) is 57.5 Å². The van der Waals surface area contributed by atoms with Gasteiger partial charge in [-0.25, -0.2) is 8.42 Å². The first kappa shape index (κ1) is 20.9. The Bertz CT molecular complexity index is 700. The first-order chi connectivity index (χ1) is 12.2. The van der Waals surface area contributed by atoms with Gasteiger partial charge in [0.1, 0.15) is 0 Å². The molecule has 1 saturated heterocycles. The standard InChI is InChI=1S/C19H31N3O3S/c1-15(2)12-17(14-21(3)4)20-19(23)16-8-7-9-18(13-16)26(24,25)22-10-5-6-11-22/h7-9,13,15,17H,5-6,10-12,14H2,1-4H3,(H,20,23). The van der Waals surface area contributed by atoms with Crippen LogP contribution < -0.4 is 5.32 Å². The summed E-state index contributed by atoms with van der Waals surface area (Å²) in [6.45, 7) is 6.10. The van der Waals surface area contributed by atoms with Crippen LogP contribution in [0.5, 0.6) is 0 Å². The smallest absolute Gasteiger partial charge is 0.251 e. The molecule has 0 saturated carbocycles. The molecule has 1 aromatic carbocycles. The van der Waals surface area contributed by atoms with Crippen LogP contribution in [-0.2, 0) is 10.0 Å². The zero-order valence-electron chi connectivity index (χ0n) is 16.2. The van der Waals surface area contributed by atoms with Crippen molar-refractivity contribution in [3.63, 3.8) is 0 Å². The van der Waals surface area contributed by atoms with Gasteiger partial charge in [-0.1, -0.05) is 19.9 Å². The van der Waals surface area contributed by atoms with Gasteiger partial charge in [-0.15, -0.1) is 0 Å². The van der Waals surface area contributed by atoms with Crippen LogP contribution in [0, 0.1) is 5.92 Å². The van der Waals surface area contributed by atoms with E-state index in [4.69, 9.17) is 0 Å². The molecule has 1 atom stereocenters. The van der Waals surface area contributed by atoms with Crippen molar-refractivity contribution < 1.29 is 13.2 Å². The van der Waals surface area contributed by atoms with E-state index in [1.165, 1.54) is 10.4 Å². The molecule has 1 N–H and O–H groups in total. The molecule has 0 aromatic heterocycles. The van der Waals surface area contributed by atoms with Gasteiger partial charge >= 0.3 is 0 Å². The summed E-state index contributed by atoms with van der Waals surface area (Å²) in [5.74, 6) is 0.234. The van der Waals surface area contributed by atoms with Gasteiger partial charge in [0.25, 0.3) is 5.91 Å². The molecule has 1 fully saturated rings. The highest BCUT2D eigenvalue weighted by atomic mass is 32.2. The van der Waals surface area contributed by atoms with Crippen molar-refractivity contribution in [3.05, 3.63) is 29.8 Å².